The standard InChI is InChI=1S/C14H17N3O4/c1-8(13(18)16-14(19)15-2)21-10-4-5-11-9(7-10)3-6-12(11)17-20/h4-5,7-8,20H,3,6H2,1-2H3,(H2,15,16,18,19)/b17-12+. The summed E-state index contributed by atoms with van der Waals surface area (Å²) in [7, 11) is 1.43. The Hall–Kier alpha value is -2.57. The molecule has 0 bridgehead atoms. The highest BCUT2D eigenvalue weighted by atomic mass is 16.5. The van der Waals surface area contributed by atoms with Gasteiger partial charge in [-0.2, -0.15) is 0 Å². The van der Waals surface area contributed by atoms with E-state index in [0.29, 0.717) is 17.9 Å². The molecule has 1 atom stereocenters. The summed E-state index contributed by atoms with van der Waals surface area (Å²) in [5, 5.41) is 16.6. The first-order valence-electron chi connectivity index (χ1n) is 6.58. The quantitative estimate of drug-likeness (QED) is 0.572. The van der Waals surface area contributed by atoms with Gasteiger partial charge in [-0.3, -0.25) is 10.1 Å². The molecular formula is C14H17N3O4. The first kappa shape index (κ1) is 14.8. The Bertz CT molecular complexity index is 598. The van der Waals surface area contributed by atoms with Crippen LogP contribution in [0.5, 0.6) is 5.75 Å². The molecule has 1 aliphatic carbocycles. The molecule has 1 aliphatic rings. The first-order valence-corrected chi connectivity index (χ1v) is 6.58. The minimum atomic E-state index is -0.798. The van der Waals surface area contributed by atoms with Crippen LogP contribution in [-0.4, -0.2) is 36.0 Å². The lowest BCUT2D eigenvalue weighted by molar-refractivity contribution is -0.126. The van der Waals surface area contributed by atoms with Crippen LogP contribution in [0.25, 0.3) is 0 Å². The van der Waals surface area contributed by atoms with Crippen molar-refractivity contribution in [2.24, 2.45) is 5.16 Å². The number of ether oxygens (including phenoxy) is 1. The lowest BCUT2D eigenvalue weighted by Gasteiger charge is -2.14. The molecule has 2 rings (SSSR count). The number of urea groups is 1. The highest BCUT2D eigenvalue weighted by Gasteiger charge is 2.21. The third-order valence-electron chi connectivity index (χ3n) is 3.29. The first-order chi connectivity index (χ1) is 10.0. The van der Waals surface area contributed by atoms with Crippen LogP contribution in [0.3, 0.4) is 0 Å². The van der Waals surface area contributed by atoms with Crippen LogP contribution in [0.15, 0.2) is 23.4 Å². The fourth-order valence-electron chi connectivity index (χ4n) is 2.16. The van der Waals surface area contributed by atoms with Gasteiger partial charge in [-0.05, 0) is 43.5 Å². The second-order valence-electron chi connectivity index (χ2n) is 4.69. The summed E-state index contributed by atoms with van der Waals surface area (Å²) < 4.78 is 5.52. The SMILES string of the molecule is CNC(=O)NC(=O)C(C)Oc1ccc2c(c1)CC/C2=N\O. The van der Waals surface area contributed by atoms with Crippen LogP contribution in [0.2, 0.25) is 0 Å². The highest BCUT2D eigenvalue weighted by molar-refractivity contribution is 6.04. The van der Waals surface area contributed by atoms with Crippen LogP contribution >= 0.6 is 0 Å². The highest BCUT2D eigenvalue weighted by Crippen LogP contribution is 2.27. The zero-order valence-electron chi connectivity index (χ0n) is 11.8. The molecule has 0 saturated carbocycles. The van der Waals surface area contributed by atoms with Crippen molar-refractivity contribution in [1.29, 1.82) is 0 Å². The van der Waals surface area contributed by atoms with Gasteiger partial charge >= 0.3 is 6.03 Å². The van der Waals surface area contributed by atoms with E-state index in [9.17, 15) is 9.59 Å². The Morgan fingerprint density at radius 3 is 2.81 bits per heavy atom. The third kappa shape index (κ3) is 3.31. The number of rotatable bonds is 3. The summed E-state index contributed by atoms with van der Waals surface area (Å²) in [5.41, 5.74) is 2.56. The molecule has 21 heavy (non-hydrogen) atoms. The topological polar surface area (TPSA) is 100 Å². The number of benzene rings is 1. The minimum absolute atomic E-state index is 0.521. The molecule has 0 heterocycles. The summed E-state index contributed by atoms with van der Waals surface area (Å²) in [4.78, 5) is 22.8. The second kappa shape index (κ2) is 6.25. The number of nitrogens with one attached hydrogen (secondary N) is 2. The van der Waals surface area contributed by atoms with Gasteiger partial charge in [0.1, 0.15) is 5.75 Å². The molecule has 0 radical (unpaired) electrons. The molecule has 0 saturated heterocycles. The van der Waals surface area contributed by atoms with Crippen LogP contribution in [0.1, 0.15) is 24.5 Å². The summed E-state index contributed by atoms with van der Waals surface area (Å²) in [5.74, 6) is 0.0138. The van der Waals surface area contributed by atoms with E-state index in [1.54, 1.807) is 19.1 Å². The maximum Gasteiger partial charge on any atom is 0.321 e. The smallest absolute Gasteiger partial charge is 0.321 e. The maximum atomic E-state index is 11.7. The number of aryl methyl sites for hydroxylation is 1. The summed E-state index contributed by atoms with van der Waals surface area (Å²) >= 11 is 0. The van der Waals surface area contributed by atoms with E-state index >= 15 is 0 Å². The molecular weight excluding hydrogens is 274 g/mol. The molecule has 3 N–H and O–H groups in total. The molecule has 1 aromatic carbocycles. The molecule has 0 aliphatic heterocycles. The monoisotopic (exact) mass is 291 g/mol. The Labute approximate surface area is 122 Å². The van der Waals surface area contributed by atoms with Crippen molar-refractivity contribution in [1.82, 2.24) is 10.6 Å². The van der Waals surface area contributed by atoms with Crippen molar-refractivity contribution in [3.8, 4) is 5.75 Å². The summed E-state index contributed by atoms with van der Waals surface area (Å²) in [6.07, 6.45) is 0.653. The van der Waals surface area contributed by atoms with Gasteiger partial charge in [-0.15, -0.1) is 0 Å². The van der Waals surface area contributed by atoms with Crippen molar-refractivity contribution in [2.75, 3.05) is 7.05 Å². The van der Waals surface area contributed by atoms with E-state index in [1.165, 1.54) is 7.05 Å². The number of hydrogen-bond donors (Lipinski definition) is 3. The molecule has 0 fully saturated rings. The van der Waals surface area contributed by atoms with Gasteiger partial charge in [0, 0.05) is 12.6 Å². The van der Waals surface area contributed by atoms with Crippen molar-refractivity contribution >= 4 is 17.6 Å². The zero-order chi connectivity index (χ0) is 15.4. The number of nitrogens with zero attached hydrogens (tertiary/aromatic N) is 1. The number of carbonyl (C=O) groups excluding carboxylic acids is 2. The number of imide groups is 1. The average Bonchev–Trinajstić information content (AvgIpc) is 2.89. The summed E-state index contributed by atoms with van der Waals surface area (Å²) in [6.45, 7) is 1.56. The maximum absolute atomic E-state index is 11.7. The molecule has 1 aromatic rings. The van der Waals surface area contributed by atoms with E-state index in [-0.39, 0.29) is 0 Å². The Morgan fingerprint density at radius 2 is 2.14 bits per heavy atom. The van der Waals surface area contributed by atoms with Crippen LogP contribution in [0.4, 0.5) is 4.79 Å². The van der Waals surface area contributed by atoms with Gasteiger partial charge in [-0.25, -0.2) is 4.79 Å². The predicted octanol–water partition coefficient (Wildman–Crippen LogP) is 1.03. The van der Waals surface area contributed by atoms with Crippen molar-refractivity contribution in [3.05, 3.63) is 29.3 Å². The number of fused-ring (bicyclic) bond motifs is 1. The van der Waals surface area contributed by atoms with E-state index in [0.717, 1.165) is 17.5 Å². The fourth-order valence-corrected chi connectivity index (χ4v) is 2.16. The molecule has 1 unspecified atom stereocenters. The molecule has 0 spiro atoms. The van der Waals surface area contributed by atoms with E-state index in [2.05, 4.69) is 15.8 Å². The van der Waals surface area contributed by atoms with Crippen molar-refractivity contribution in [2.45, 2.75) is 25.9 Å². The van der Waals surface area contributed by atoms with Crippen LogP contribution in [0, 0.1) is 0 Å². The van der Waals surface area contributed by atoms with Gasteiger partial charge < -0.3 is 15.3 Å². The lowest BCUT2D eigenvalue weighted by atomic mass is 10.1. The second-order valence-corrected chi connectivity index (χ2v) is 4.69. The summed E-state index contributed by atoms with van der Waals surface area (Å²) in [6, 6.07) is 4.75. The van der Waals surface area contributed by atoms with Crippen molar-refractivity contribution < 1.29 is 19.5 Å². The molecule has 7 nitrogen and oxygen atoms in total. The number of amides is 3. The number of oxime groups is 1. The van der Waals surface area contributed by atoms with Gasteiger partial charge in [0.25, 0.3) is 5.91 Å². The van der Waals surface area contributed by atoms with E-state index in [1.807, 2.05) is 6.07 Å². The van der Waals surface area contributed by atoms with Gasteiger partial charge in [0.2, 0.25) is 0 Å². The van der Waals surface area contributed by atoms with Crippen LogP contribution < -0.4 is 15.4 Å². The van der Waals surface area contributed by atoms with E-state index < -0.39 is 18.0 Å². The normalized spacial score (nSPS) is 16.2. The van der Waals surface area contributed by atoms with Gasteiger partial charge in [0.05, 0.1) is 5.71 Å². The third-order valence-corrected chi connectivity index (χ3v) is 3.29. The molecule has 112 valence electrons. The lowest BCUT2D eigenvalue weighted by Crippen LogP contribution is -2.43. The predicted molar refractivity (Wildman–Crippen MR) is 75.8 cm³/mol. The number of hydrogen-bond acceptors (Lipinski definition) is 5. The van der Waals surface area contributed by atoms with Gasteiger partial charge in [-0.1, -0.05) is 5.16 Å². The average molecular weight is 291 g/mol. The Balaban J connectivity index is 2.04. The Morgan fingerprint density at radius 1 is 1.38 bits per heavy atom. The van der Waals surface area contributed by atoms with Crippen molar-refractivity contribution in [3.63, 3.8) is 0 Å². The minimum Gasteiger partial charge on any atom is -0.481 e. The largest absolute Gasteiger partial charge is 0.481 e. The van der Waals surface area contributed by atoms with Gasteiger partial charge in [0.15, 0.2) is 6.10 Å². The number of carbonyl (C=O) groups is 2. The molecule has 0 aromatic heterocycles. The zero-order valence-corrected chi connectivity index (χ0v) is 11.8. The molecule has 3 amide bonds. The fraction of sp³-hybridized carbons (Fsp3) is 0.357. The van der Waals surface area contributed by atoms with Crippen LogP contribution in [-0.2, 0) is 11.2 Å². The molecule has 7 heteroatoms. The van der Waals surface area contributed by atoms with E-state index in [4.69, 9.17) is 9.94 Å². The Kier molecular flexibility index (Phi) is 4.42.